The molecule has 0 saturated carbocycles. The molecule has 0 aromatic carbocycles. The molecule has 1 saturated heterocycles. The SMILES string of the molecule is COc1cccc(CNCC2CCCN2C)n1. The Morgan fingerprint density at radius 2 is 2.41 bits per heavy atom. The third-order valence-corrected chi connectivity index (χ3v) is 3.35. The molecule has 1 aromatic rings. The first-order chi connectivity index (χ1) is 8.29. The van der Waals surface area contributed by atoms with Crippen LogP contribution in [0.1, 0.15) is 18.5 Å². The molecule has 0 amide bonds. The van der Waals surface area contributed by atoms with Crippen LogP contribution in [-0.4, -0.2) is 43.2 Å². The van der Waals surface area contributed by atoms with E-state index in [9.17, 15) is 0 Å². The van der Waals surface area contributed by atoms with Gasteiger partial charge in [-0.3, -0.25) is 0 Å². The standard InChI is InChI=1S/C13H21N3O/c1-16-8-4-6-12(16)10-14-9-11-5-3-7-13(15-11)17-2/h3,5,7,12,14H,4,6,8-10H2,1-2H3. The summed E-state index contributed by atoms with van der Waals surface area (Å²) in [5.74, 6) is 0.683. The molecule has 2 heterocycles. The van der Waals surface area contributed by atoms with Gasteiger partial charge in [-0.1, -0.05) is 6.07 Å². The van der Waals surface area contributed by atoms with Gasteiger partial charge in [-0.05, 0) is 32.5 Å². The topological polar surface area (TPSA) is 37.4 Å². The van der Waals surface area contributed by atoms with Crippen molar-refractivity contribution in [2.45, 2.75) is 25.4 Å². The molecule has 1 aliphatic heterocycles. The highest BCUT2D eigenvalue weighted by Crippen LogP contribution is 2.13. The summed E-state index contributed by atoms with van der Waals surface area (Å²) in [6, 6.07) is 6.55. The van der Waals surface area contributed by atoms with Crippen LogP contribution in [0, 0.1) is 0 Å². The highest BCUT2D eigenvalue weighted by atomic mass is 16.5. The number of hydrogen-bond acceptors (Lipinski definition) is 4. The summed E-state index contributed by atoms with van der Waals surface area (Å²) in [7, 11) is 3.84. The summed E-state index contributed by atoms with van der Waals surface area (Å²) in [5, 5.41) is 3.47. The summed E-state index contributed by atoms with van der Waals surface area (Å²) >= 11 is 0. The monoisotopic (exact) mass is 235 g/mol. The van der Waals surface area contributed by atoms with Crippen molar-refractivity contribution in [3.8, 4) is 5.88 Å². The van der Waals surface area contributed by atoms with Gasteiger partial charge in [0.1, 0.15) is 0 Å². The smallest absolute Gasteiger partial charge is 0.213 e. The predicted molar refractivity (Wildman–Crippen MR) is 68.1 cm³/mol. The first kappa shape index (κ1) is 12.3. The third kappa shape index (κ3) is 3.41. The van der Waals surface area contributed by atoms with Gasteiger partial charge in [-0.2, -0.15) is 0 Å². The second-order valence-electron chi connectivity index (χ2n) is 4.58. The van der Waals surface area contributed by atoms with Crippen molar-refractivity contribution in [1.82, 2.24) is 15.2 Å². The molecule has 0 bridgehead atoms. The van der Waals surface area contributed by atoms with Crippen LogP contribution in [0.3, 0.4) is 0 Å². The van der Waals surface area contributed by atoms with Gasteiger partial charge in [-0.15, -0.1) is 0 Å². The number of methoxy groups -OCH3 is 1. The maximum absolute atomic E-state index is 5.10. The number of rotatable bonds is 5. The van der Waals surface area contributed by atoms with Crippen molar-refractivity contribution in [1.29, 1.82) is 0 Å². The highest BCUT2D eigenvalue weighted by molar-refractivity contribution is 5.15. The molecular formula is C13H21N3O. The molecule has 4 heteroatoms. The minimum atomic E-state index is 0.681. The van der Waals surface area contributed by atoms with Crippen LogP contribution in [0.4, 0.5) is 0 Å². The van der Waals surface area contributed by atoms with Gasteiger partial charge in [0, 0.05) is 25.2 Å². The van der Waals surface area contributed by atoms with Crippen LogP contribution >= 0.6 is 0 Å². The van der Waals surface area contributed by atoms with Gasteiger partial charge in [0.05, 0.1) is 12.8 Å². The zero-order valence-electron chi connectivity index (χ0n) is 10.6. The normalized spacial score (nSPS) is 20.7. The van der Waals surface area contributed by atoms with Crippen LogP contribution in [0.15, 0.2) is 18.2 Å². The second kappa shape index (κ2) is 5.98. The average Bonchev–Trinajstić information content (AvgIpc) is 2.76. The molecule has 1 aliphatic rings. The fourth-order valence-electron chi connectivity index (χ4n) is 2.27. The molecule has 2 rings (SSSR count). The zero-order chi connectivity index (χ0) is 12.1. The van der Waals surface area contributed by atoms with Gasteiger partial charge in [0.15, 0.2) is 0 Å². The Balaban J connectivity index is 1.77. The Hall–Kier alpha value is -1.13. The highest BCUT2D eigenvalue weighted by Gasteiger charge is 2.19. The average molecular weight is 235 g/mol. The summed E-state index contributed by atoms with van der Waals surface area (Å²) in [4.78, 5) is 6.80. The van der Waals surface area contributed by atoms with E-state index in [1.165, 1.54) is 19.4 Å². The number of nitrogens with zero attached hydrogens (tertiary/aromatic N) is 2. The maximum atomic E-state index is 5.10. The number of ether oxygens (including phenoxy) is 1. The Labute approximate surface area is 103 Å². The van der Waals surface area contributed by atoms with Crippen LogP contribution in [0.5, 0.6) is 5.88 Å². The molecule has 1 fully saturated rings. The van der Waals surface area contributed by atoms with E-state index < -0.39 is 0 Å². The van der Waals surface area contributed by atoms with Gasteiger partial charge < -0.3 is 15.0 Å². The third-order valence-electron chi connectivity index (χ3n) is 3.35. The molecule has 0 radical (unpaired) electrons. The quantitative estimate of drug-likeness (QED) is 0.834. The Kier molecular flexibility index (Phi) is 4.34. The minimum Gasteiger partial charge on any atom is -0.481 e. The largest absolute Gasteiger partial charge is 0.481 e. The van der Waals surface area contributed by atoms with Crippen molar-refractivity contribution in [2.75, 3.05) is 27.2 Å². The first-order valence-electron chi connectivity index (χ1n) is 6.20. The molecule has 94 valence electrons. The number of likely N-dealkylation sites (N-methyl/N-ethyl adjacent to an activating group) is 1. The molecular weight excluding hydrogens is 214 g/mol. The van der Waals surface area contributed by atoms with Gasteiger partial charge in [0.2, 0.25) is 5.88 Å². The van der Waals surface area contributed by atoms with Crippen molar-refractivity contribution >= 4 is 0 Å². The fourth-order valence-corrected chi connectivity index (χ4v) is 2.27. The van der Waals surface area contributed by atoms with Crippen molar-refractivity contribution in [2.24, 2.45) is 0 Å². The molecule has 0 aliphatic carbocycles. The molecule has 1 unspecified atom stereocenters. The van der Waals surface area contributed by atoms with Crippen molar-refractivity contribution in [3.63, 3.8) is 0 Å². The Morgan fingerprint density at radius 1 is 1.53 bits per heavy atom. The van der Waals surface area contributed by atoms with Crippen molar-refractivity contribution < 1.29 is 4.74 Å². The lowest BCUT2D eigenvalue weighted by atomic mass is 10.2. The summed E-state index contributed by atoms with van der Waals surface area (Å²) in [5.41, 5.74) is 1.03. The van der Waals surface area contributed by atoms with Gasteiger partial charge in [-0.25, -0.2) is 4.98 Å². The summed E-state index contributed by atoms with van der Waals surface area (Å²) in [6.07, 6.45) is 2.62. The van der Waals surface area contributed by atoms with Crippen LogP contribution in [-0.2, 0) is 6.54 Å². The van der Waals surface area contributed by atoms with Gasteiger partial charge in [0.25, 0.3) is 0 Å². The second-order valence-corrected chi connectivity index (χ2v) is 4.58. The van der Waals surface area contributed by atoms with E-state index in [4.69, 9.17) is 4.74 Å². The minimum absolute atomic E-state index is 0.681. The number of aromatic nitrogens is 1. The lowest BCUT2D eigenvalue weighted by molar-refractivity contribution is 0.299. The number of hydrogen-bond donors (Lipinski definition) is 1. The van der Waals surface area contributed by atoms with E-state index in [1.807, 2.05) is 18.2 Å². The molecule has 4 nitrogen and oxygen atoms in total. The number of likely N-dealkylation sites (tertiary alicyclic amines) is 1. The molecule has 1 aromatic heterocycles. The number of pyridine rings is 1. The Bertz CT molecular complexity index is 356. The zero-order valence-corrected chi connectivity index (χ0v) is 10.6. The van der Waals surface area contributed by atoms with Crippen LogP contribution in [0.2, 0.25) is 0 Å². The lowest BCUT2D eigenvalue weighted by Gasteiger charge is -2.19. The first-order valence-corrected chi connectivity index (χ1v) is 6.20. The van der Waals surface area contributed by atoms with E-state index in [2.05, 4.69) is 22.2 Å². The van der Waals surface area contributed by atoms with E-state index >= 15 is 0 Å². The van der Waals surface area contributed by atoms with E-state index in [1.54, 1.807) is 7.11 Å². The van der Waals surface area contributed by atoms with E-state index in [-0.39, 0.29) is 0 Å². The lowest BCUT2D eigenvalue weighted by Crippen LogP contribution is -2.35. The molecule has 1 atom stereocenters. The maximum Gasteiger partial charge on any atom is 0.213 e. The van der Waals surface area contributed by atoms with Gasteiger partial charge >= 0.3 is 0 Å². The predicted octanol–water partition coefficient (Wildman–Crippen LogP) is 1.27. The van der Waals surface area contributed by atoms with Crippen molar-refractivity contribution in [3.05, 3.63) is 23.9 Å². The molecule has 17 heavy (non-hydrogen) atoms. The summed E-state index contributed by atoms with van der Waals surface area (Å²) in [6.45, 7) is 3.07. The van der Waals surface area contributed by atoms with Crippen LogP contribution in [0.25, 0.3) is 0 Å². The molecule has 1 N–H and O–H groups in total. The van der Waals surface area contributed by atoms with E-state index in [0.717, 1.165) is 18.8 Å². The number of nitrogens with one attached hydrogen (secondary N) is 1. The van der Waals surface area contributed by atoms with E-state index in [0.29, 0.717) is 11.9 Å². The van der Waals surface area contributed by atoms with Crippen LogP contribution < -0.4 is 10.1 Å². The molecule has 0 spiro atoms. The Morgan fingerprint density at radius 3 is 3.12 bits per heavy atom. The fraction of sp³-hybridized carbons (Fsp3) is 0.615. The summed E-state index contributed by atoms with van der Waals surface area (Å²) < 4.78 is 5.10.